The van der Waals surface area contributed by atoms with Gasteiger partial charge < -0.3 is 5.11 Å². The minimum Gasteiger partial charge on any atom is -0.393 e. The van der Waals surface area contributed by atoms with E-state index in [0.717, 1.165) is 24.7 Å². The summed E-state index contributed by atoms with van der Waals surface area (Å²) in [6.45, 7) is 11.6. The Balaban J connectivity index is 1.53. The first kappa shape index (κ1) is 21.1. The van der Waals surface area contributed by atoms with Gasteiger partial charge in [-0.3, -0.25) is 4.79 Å². The fraction of sp³-hybridized carbons (Fsp3) is 0.741. The maximum absolute atomic E-state index is 11.9. The van der Waals surface area contributed by atoms with Crippen LogP contribution in [0.4, 0.5) is 0 Å². The highest BCUT2D eigenvalue weighted by Gasteiger charge is 2.58. The van der Waals surface area contributed by atoms with Gasteiger partial charge in [0.2, 0.25) is 0 Å². The van der Waals surface area contributed by atoms with Gasteiger partial charge in [0.1, 0.15) is 0 Å². The molecule has 0 aliphatic heterocycles. The molecule has 0 bridgehead atoms. The standard InChI is InChI=1S/C27H40O2/c1-17(2)25(29)11-6-18(3)22-9-10-23-21-8-7-19-16-20(28)12-14-26(19,4)24(21)13-15-27(22,23)5/h7-8,12,14,16-18,21-25,29H,6,9-11,13,15H2,1-5H3/t18-,21+,22-,23+,24+,25-,26+,27-/m1/s1. The van der Waals surface area contributed by atoms with Crippen LogP contribution in [0.2, 0.25) is 0 Å². The van der Waals surface area contributed by atoms with Crippen LogP contribution >= 0.6 is 0 Å². The zero-order valence-electron chi connectivity index (χ0n) is 19.0. The second-order valence-electron chi connectivity index (χ2n) is 11.4. The first-order valence-corrected chi connectivity index (χ1v) is 12.0. The molecule has 0 amide bonds. The molecule has 4 aliphatic carbocycles. The second kappa shape index (κ2) is 7.52. The molecule has 0 aromatic carbocycles. The summed E-state index contributed by atoms with van der Waals surface area (Å²) in [4.78, 5) is 11.9. The minimum atomic E-state index is -0.162. The maximum atomic E-state index is 11.9. The van der Waals surface area contributed by atoms with E-state index in [2.05, 4.69) is 52.8 Å². The van der Waals surface area contributed by atoms with Gasteiger partial charge in [0.05, 0.1) is 6.10 Å². The SMILES string of the molecule is CC(C)[C@H](O)CC[C@@H](C)[C@H]1CC[C@H]2[C@@H]3C=CC4=CC(=O)C=C[C@]4(C)[C@H]3CC[C@]12C. The summed E-state index contributed by atoms with van der Waals surface area (Å²) < 4.78 is 0. The van der Waals surface area contributed by atoms with Gasteiger partial charge in [-0.1, -0.05) is 52.8 Å². The van der Waals surface area contributed by atoms with E-state index in [1.54, 1.807) is 6.08 Å². The van der Waals surface area contributed by atoms with Gasteiger partial charge in [-0.05, 0) is 97.2 Å². The molecular weight excluding hydrogens is 356 g/mol. The molecule has 0 saturated heterocycles. The third-order valence-electron chi connectivity index (χ3n) is 9.56. The van der Waals surface area contributed by atoms with E-state index in [1.165, 1.54) is 31.3 Å². The van der Waals surface area contributed by atoms with E-state index in [-0.39, 0.29) is 17.3 Å². The summed E-state index contributed by atoms with van der Waals surface area (Å²) in [7, 11) is 0. The lowest BCUT2D eigenvalue weighted by Gasteiger charge is -2.55. The molecule has 2 heteroatoms. The fourth-order valence-corrected chi connectivity index (χ4v) is 7.59. The van der Waals surface area contributed by atoms with Crippen LogP contribution in [0.3, 0.4) is 0 Å². The van der Waals surface area contributed by atoms with Crippen LogP contribution in [0.25, 0.3) is 0 Å². The Kier molecular flexibility index (Phi) is 5.47. The van der Waals surface area contributed by atoms with Crippen molar-refractivity contribution in [3.63, 3.8) is 0 Å². The number of ketones is 1. The number of carbonyl (C=O) groups is 1. The fourth-order valence-electron chi connectivity index (χ4n) is 7.59. The molecule has 0 radical (unpaired) electrons. The van der Waals surface area contributed by atoms with Crippen LogP contribution in [0.5, 0.6) is 0 Å². The lowest BCUT2D eigenvalue weighted by Crippen LogP contribution is -2.48. The highest BCUT2D eigenvalue weighted by molar-refractivity contribution is 6.01. The van der Waals surface area contributed by atoms with E-state index >= 15 is 0 Å². The Morgan fingerprint density at radius 3 is 2.55 bits per heavy atom. The lowest BCUT2D eigenvalue weighted by atomic mass is 9.49. The van der Waals surface area contributed by atoms with Crippen LogP contribution < -0.4 is 0 Å². The number of hydrogen-bond donors (Lipinski definition) is 1. The van der Waals surface area contributed by atoms with E-state index in [4.69, 9.17) is 0 Å². The van der Waals surface area contributed by atoms with Gasteiger partial charge in [-0.15, -0.1) is 0 Å². The van der Waals surface area contributed by atoms with Crippen molar-refractivity contribution in [3.05, 3.63) is 36.0 Å². The molecule has 29 heavy (non-hydrogen) atoms. The summed E-state index contributed by atoms with van der Waals surface area (Å²) in [5, 5.41) is 10.3. The molecule has 1 N–H and O–H groups in total. The third kappa shape index (κ3) is 3.40. The van der Waals surface area contributed by atoms with Crippen molar-refractivity contribution in [1.82, 2.24) is 0 Å². The monoisotopic (exact) mass is 396 g/mol. The summed E-state index contributed by atoms with van der Waals surface area (Å²) in [5.74, 6) is 3.96. The van der Waals surface area contributed by atoms with Gasteiger partial charge in [0.15, 0.2) is 5.78 Å². The Morgan fingerprint density at radius 1 is 1.07 bits per heavy atom. The number of aliphatic hydroxyl groups excluding tert-OH is 1. The molecule has 0 aromatic rings. The van der Waals surface area contributed by atoms with Crippen molar-refractivity contribution in [2.45, 2.75) is 79.2 Å². The first-order valence-electron chi connectivity index (χ1n) is 12.0. The average Bonchev–Trinajstić information content (AvgIpc) is 3.03. The Labute approximate surface area is 177 Å². The van der Waals surface area contributed by atoms with Crippen molar-refractivity contribution in [2.24, 2.45) is 46.3 Å². The molecule has 4 aliphatic rings. The van der Waals surface area contributed by atoms with Crippen molar-refractivity contribution in [1.29, 1.82) is 0 Å². The van der Waals surface area contributed by atoms with Crippen LogP contribution in [0.15, 0.2) is 36.0 Å². The zero-order chi connectivity index (χ0) is 21.0. The summed E-state index contributed by atoms with van der Waals surface area (Å²) in [6, 6.07) is 0. The van der Waals surface area contributed by atoms with Crippen molar-refractivity contribution < 1.29 is 9.90 Å². The minimum absolute atomic E-state index is 0.0275. The van der Waals surface area contributed by atoms with E-state index < -0.39 is 0 Å². The highest BCUT2D eigenvalue weighted by Crippen LogP contribution is 2.65. The number of fused-ring (bicyclic) bond motifs is 5. The molecule has 4 rings (SSSR count). The van der Waals surface area contributed by atoms with E-state index in [1.807, 2.05) is 6.08 Å². The van der Waals surface area contributed by atoms with Crippen LogP contribution in [-0.4, -0.2) is 17.0 Å². The average molecular weight is 397 g/mol. The van der Waals surface area contributed by atoms with Crippen LogP contribution in [0, 0.1) is 46.3 Å². The third-order valence-corrected chi connectivity index (χ3v) is 9.56. The van der Waals surface area contributed by atoms with Crippen LogP contribution in [-0.2, 0) is 4.79 Å². The van der Waals surface area contributed by atoms with E-state index in [0.29, 0.717) is 29.1 Å². The molecule has 160 valence electrons. The topological polar surface area (TPSA) is 37.3 Å². The highest BCUT2D eigenvalue weighted by atomic mass is 16.3. The van der Waals surface area contributed by atoms with Crippen molar-refractivity contribution >= 4 is 5.78 Å². The molecule has 0 heterocycles. The molecule has 0 spiro atoms. The normalized spacial score (nSPS) is 42.9. The Bertz CT molecular complexity index is 744. The predicted molar refractivity (Wildman–Crippen MR) is 119 cm³/mol. The quantitative estimate of drug-likeness (QED) is 0.608. The van der Waals surface area contributed by atoms with Crippen molar-refractivity contribution in [2.75, 3.05) is 0 Å². The molecule has 2 nitrogen and oxygen atoms in total. The summed E-state index contributed by atoms with van der Waals surface area (Å²) in [5.41, 5.74) is 1.67. The predicted octanol–water partition coefficient (Wildman–Crippen LogP) is 6.12. The number of aliphatic hydroxyl groups is 1. The Morgan fingerprint density at radius 2 is 1.83 bits per heavy atom. The maximum Gasteiger partial charge on any atom is 0.178 e. The van der Waals surface area contributed by atoms with Gasteiger partial charge in [-0.25, -0.2) is 0 Å². The summed E-state index contributed by atoms with van der Waals surface area (Å²) in [6.07, 6.45) is 17.7. The number of rotatable bonds is 5. The van der Waals surface area contributed by atoms with Gasteiger partial charge in [0.25, 0.3) is 0 Å². The molecule has 2 saturated carbocycles. The lowest BCUT2D eigenvalue weighted by molar-refractivity contribution is -0.110. The largest absolute Gasteiger partial charge is 0.393 e. The van der Waals surface area contributed by atoms with Gasteiger partial charge in [0, 0.05) is 5.41 Å². The second-order valence-corrected chi connectivity index (χ2v) is 11.4. The van der Waals surface area contributed by atoms with E-state index in [9.17, 15) is 9.90 Å². The van der Waals surface area contributed by atoms with Gasteiger partial charge in [-0.2, -0.15) is 0 Å². The molecule has 8 atom stereocenters. The number of allylic oxidation sites excluding steroid dienone is 6. The number of carbonyl (C=O) groups excluding carboxylic acids is 1. The summed E-state index contributed by atoms with van der Waals surface area (Å²) >= 11 is 0. The van der Waals surface area contributed by atoms with Gasteiger partial charge >= 0.3 is 0 Å². The molecule has 0 aromatic heterocycles. The Hall–Kier alpha value is -1.15. The molecular formula is C27H40O2. The molecule has 2 fully saturated rings. The van der Waals surface area contributed by atoms with Crippen molar-refractivity contribution in [3.8, 4) is 0 Å². The first-order chi connectivity index (χ1) is 13.7. The zero-order valence-corrected chi connectivity index (χ0v) is 19.0. The number of hydrogen-bond acceptors (Lipinski definition) is 2. The van der Waals surface area contributed by atoms with Crippen LogP contribution in [0.1, 0.15) is 73.1 Å². The smallest absolute Gasteiger partial charge is 0.178 e. The molecule has 0 unspecified atom stereocenters.